The van der Waals surface area contributed by atoms with Crippen molar-refractivity contribution in [2.45, 2.75) is 38.9 Å². The van der Waals surface area contributed by atoms with Crippen molar-refractivity contribution < 1.29 is 22.7 Å². The van der Waals surface area contributed by atoms with Gasteiger partial charge in [-0.1, -0.05) is 13.8 Å². The Hall–Kier alpha value is -1.90. The van der Waals surface area contributed by atoms with Gasteiger partial charge < -0.3 is 9.64 Å². The Morgan fingerprint density at radius 3 is 2.40 bits per heavy atom. The summed E-state index contributed by atoms with van der Waals surface area (Å²) in [6.07, 6.45) is -3.35. The maximum absolute atomic E-state index is 13.2. The molecular formula is C16H24F3N3O3. The third-order valence-electron chi connectivity index (χ3n) is 3.63. The molecular weight excluding hydrogens is 339 g/mol. The fourth-order valence-electron chi connectivity index (χ4n) is 2.41. The molecule has 0 amide bonds. The molecule has 0 fully saturated rings. The second kappa shape index (κ2) is 8.46. The second-order valence-corrected chi connectivity index (χ2v) is 6.52. The van der Waals surface area contributed by atoms with E-state index in [-0.39, 0.29) is 24.3 Å². The van der Waals surface area contributed by atoms with Gasteiger partial charge in [0.2, 0.25) is 0 Å². The van der Waals surface area contributed by atoms with Crippen molar-refractivity contribution in [3.05, 3.63) is 27.9 Å². The Morgan fingerprint density at radius 2 is 1.96 bits per heavy atom. The van der Waals surface area contributed by atoms with Crippen LogP contribution in [0.4, 0.5) is 13.2 Å². The number of esters is 1. The number of hydrogen-bond donors (Lipinski definition) is 0. The number of nitrogens with zero attached hydrogens (tertiary/aromatic N) is 3. The van der Waals surface area contributed by atoms with Crippen LogP contribution in [-0.2, 0) is 22.1 Å². The molecule has 0 radical (unpaired) electrons. The molecule has 0 spiro atoms. The van der Waals surface area contributed by atoms with Crippen LogP contribution in [0.5, 0.6) is 0 Å². The molecule has 0 aromatic carbocycles. The number of rotatable bonds is 7. The van der Waals surface area contributed by atoms with Gasteiger partial charge in [0.15, 0.2) is 5.69 Å². The van der Waals surface area contributed by atoms with E-state index in [1.54, 1.807) is 19.0 Å². The SMILES string of the molecule is COC(=O)[C@H](CC(C)C)n1cc(CCN(C)C)c(C(F)(F)F)nc1=O. The molecule has 1 aromatic rings. The van der Waals surface area contributed by atoms with Gasteiger partial charge >= 0.3 is 17.8 Å². The van der Waals surface area contributed by atoms with Gasteiger partial charge in [0.25, 0.3) is 0 Å². The fourth-order valence-corrected chi connectivity index (χ4v) is 2.41. The Morgan fingerprint density at radius 1 is 1.36 bits per heavy atom. The number of carbonyl (C=O) groups excluding carboxylic acids is 1. The molecule has 1 heterocycles. The number of carbonyl (C=O) groups is 1. The van der Waals surface area contributed by atoms with E-state index in [2.05, 4.69) is 4.98 Å². The second-order valence-electron chi connectivity index (χ2n) is 6.52. The number of alkyl halides is 3. The average molecular weight is 363 g/mol. The number of likely N-dealkylation sites (N-methyl/N-ethyl adjacent to an activating group) is 1. The third-order valence-corrected chi connectivity index (χ3v) is 3.63. The number of methoxy groups -OCH3 is 1. The first kappa shape index (κ1) is 21.1. The summed E-state index contributed by atoms with van der Waals surface area (Å²) in [6.45, 7) is 4.02. The minimum absolute atomic E-state index is 0.0310. The smallest absolute Gasteiger partial charge is 0.433 e. The Labute approximate surface area is 144 Å². The van der Waals surface area contributed by atoms with E-state index in [4.69, 9.17) is 4.74 Å². The molecule has 1 aromatic heterocycles. The van der Waals surface area contributed by atoms with Gasteiger partial charge in [-0.15, -0.1) is 0 Å². The first-order valence-corrected chi connectivity index (χ1v) is 7.89. The molecule has 0 aliphatic rings. The molecule has 1 rings (SSSR count). The van der Waals surface area contributed by atoms with Gasteiger partial charge in [-0.25, -0.2) is 9.59 Å². The van der Waals surface area contributed by atoms with Crippen LogP contribution in [0.2, 0.25) is 0 Å². The molecule has 25 heavy (non-hydrogen) atoms. The molecule has 1 atom stereocenters. The summed E-state index contributed by atoms with van der Waals surface area (Å²) < 4.78 is 45.3. The molecule has 142 valence electrons. The summed E-state index contributed by atoms with van der Waals surface area (Å²) in [5.41, 5.74) is -2.45. The lowest BCUT2D eigenvalue weighted by Crippen LogP contribution is -2.35. The van der Waals surface area contributed by atoms with Gasteiger partial charge in [-0.05, 0) is 32.9 Å². The highest BCUT2D eigenvalue weighted by Crippen LogP contribution is 2.30. The van der Waals surface area contributed by atoms with Crippen molar-refractivity contribution in [1.29, 1.82) is 0 Å². The molecule has 0 N–H and O–H groups in total. The van der Waals surface area contributed by atoms with E-state index in [0.29, 0.717) is 6.54 Å². The molecule has 0 unspecified atom stereocenters. The van der Waals surface area contributed by atoms with Gasteiger partial charge in [-0.3, -0.25) is 4.57 Å². The Balaban J connectivity index is 3.46. The summed E-state index contributed by atoms with van der Waals surface area (Å²) in [4.78, 5) is 29.1. The number of halogens is 3. The van der Waals surface area contributed by atoms with Crippen LogP contribution in [0.3, 0.4) is 0 Å². The van der Waals surface area contributed by atoms with Gasteiger partial charge in [0.1, 0.15) is 6.04 Å². The van der Waals surface area contributed by atoms with Crippen molar-refractivity contribution in [2.75, 3.05) is 27.7 Å². The Kier molecular flexibility index (Phi) is 7.16. The Bertz CT molecular complexity index is 654. The molecule has 0 bridgehead atoms. The fraction of sp³-hybridized carbons (Fsp3) is 0.688. The monoisotopic (exact) mass is 363 g/mol. The maximum atomic E-state index is 13.2. The molecule has 0 aliphatic heterocycles. The molecule has 0 aliphatic carbocycles. The number of hydrogen-bond acceptors (Lipinski definition) is 5. The predicted molar refractivity (Wildman–Crippen MR) is 86.3 cm³/mol. The van der Waals surface area contributed by atoms with Crippen LogP contribution in [-0.4, -0.2) is 48.2 Å². The first-order valence-electron chi connectivity index (χ1n) is 7.89. The quantitative estimate of drug-likeness (QED) is 0.695. The largest absolute Gasteiger partial charge is 0.467 e. The van der Waals surface area contributed by atoms with Crippen LogP contribution in [0, 0.1) is 5.92 Å². The van der Waals surface area contributed by atoms with Gasteiger partial charge in [-0.2, -0.15) is 18.2 Å². The number of ether oxygens (including phenoxy) is 1. The molecule has 0 saturated carbocycles. The van der Waals surface area contributed by atoms with Crippen molar-refractivity contribution in [2.24, 2.45) is 5.92 Å². The van der Waals surface area contributed by atoms with E-state index >= 15 is 0 Å². The summed E-state index contributed by atoms with van der Waals surface area (Å²) in [5, 5.41) is 0. The molecule has 9 heteroatoms. The third kappa shape index (κ3) is 5.84. The summed E-state index contributed by atoms with van der Waals surface area (Å²) in [7, 11) is 4.63. The van der Waals surface area contributed by atoms with Crippen molar-refractivity contribution >= 4 is 5.97 Å². The maximum Gasteiger partial charge on any atom is 0.433 e. The minimum atomic E-state index is -4.74. The van der Waals surface area contributed by atoms with E-state index < -0.39 is 29.6 Å². The van der Waals surface area contributed by atoms with E-state index in [9.17, 15) is 22.8 Å². The van der Waals surface area contributed by atoms with Crippen LogP contribution in [0.25, 0.3) is 0 Å². The van der Waals surface area contributed by atoms with Crippen LogP contribution >= 0.6 is 0 Å². The van der Waals surface area contributed by atoms with Crippen molar-refractivity contribution in [3.63, 3.8) is 0 Å². The normalized spacial score (nSPS) is 13.4. The zero-order valence-corrected chi connectivity index (χ0v) is 15.1. The zero-order chi connectivity index (χ0) is 19.4. The highest BCUT2D eigenvalue weighted by atomic mass is 19.4. The summed E-state index contributed by atoms with van der Waals surface area (Å²) in [5.74, 6) is -0.653. The lowest BCUT2D eigenvalue weighted by Gasteiger charge is -2.21. The van der Waals surface area contributed by atoms with E-state index in [1.165, 1.54) is 7.11 Å². The van der Waals surface area contributed by atoms with Crippen molar-refractivity contribution in [3.8, 4) is 0 Å². The summed E-state index contributed by atoms with van der Waals surface area (Å²) >= 11 is 0. The van der Waals surface area contributed by atoms with E-state index in [1.807, 2.05) is 13.8 Å². The van der Waals surface area contributed by atoms with Crippen LogP contribution in [0.15, 0.2) is 11.0 Å². The summed E-state index contributed by atoms with van der Waals surface area (Å²) in [6, 6.07) is -1.01. The van der Waals surface area contributed by atoms with Crippen LogP contribution in [0.1, 0.15) is 37.6 Å². The van der Waals surface area contributed by atoms with E-state index in [0.717, 1.165) is 10.8 Å². The topological polar surface area (TPSA) is 64.4 Å². The predicted octanol–water partition coefficient (Wildman–Crippen LogP) is 2.13. The first-order chi connectivity index (χ1) is 11.5. The lowest BCUT2D eigenvalue weighted by atomic mass is 10.0. The molecule has 6 nitrogen and oxygen atoms in total. The van der Waals surface area contributed by atoms with Crippen LogP contribution < -0.4 is 5.69 Å². The van der Waals surface area contributed by atoms with Gasteiger partial charge in [0, 0.05) is 18.3 Å². The average Bonchev–Trinajstić information content (AvgIpc) is 2.49. The zero-order valence-electron chi connectivity index (χ0n) is 15.1. The number of aromatic nitrogens is 2. The standard InChI is InChI=1S/C16H24F3N3O3/c1-10(2)8-12(14(23)25-5)22-9-11(6-7-21(3)4)13(16(17,18)19)20-15(22)24/h9-10,12H,6-8H2,1-5H3/t12-/m0/s1. The highest BCUT2D eigenvalue weighted by molar-refractivity contribution is 5.74. The highest BCUT2D eigenvalue weighted by Gasteiger charge is 2.37. The minimum Gasteiger partial charge on any atom is -0.467 e. The lowest BCUT2D eigenvalue weighted by molar-refractivity contribution is -0.145. The van der Waals surface area contributed by atoms with Gasteiger partial charge in [0.05, 0.1) is 7.11 Å². The molecule has 0 saturated heterocycles. The van der Waals surface area contributed by atoms with Crippen molar-refractivity contribution in [1.82, 2.24) is 14.5 Å².